The van der Waals surface area contributed by atoms with Gasteiger partial charge >= 0.3 is 6.18 Å². The van der Waals surface area contributed by atoms with Crippen LogP contribution in [0.5, 0.6) is 0 Å². The third kappa shape index (κ3) is 5.21. The van der Waals surface area contributed by atoms with Crippen molar-refractivity contribution in [3.05, 3.63) is 76.6 Å². The molecule has 156 valence electrons. The molecule has 1 saturated carbocycles. The van der Waals surface area contributed by atoms with Gasteiger partial charge < -0.3 is 9.25 Å². The van der Waals surface area contributed by atoms with Crippen molar-refractivity contribution in [2.45, 2.75) is 32.0 Å². The number of alkyl halides is 3. The number of hydrogen-bond acceptors (Lipinski definition) is 4. The molecule has 2 aromatic carbocycles. The van der Waals surface area contributed by atoms with Gasteiger partial charge in [-0.05, 0) is 67.1 Å². The highest BCUT2D eigenvalue weighted by Gasteiger charge is 2.30. The lowest BCUT2D eigenvalue weighted by molar-refractivity contribution is -0.137. The molecule has 4 nitrogen and oxygen atoms in total. The number of oxazole rings is 1. The van der Waals surface area contributed by atoms with E-state index in [1.54, 1.807) is 0 Å². The molecule has 0 spiro atoms. The Bertz CT molecular complexity index is 1020. The molecule has 0 atom stereocenters. The molecule has 1 heterocycles. The zero-order chi connectivity index (χ0) is 21.1. The van der Waals surface area contributed by atoms with Crippen LogP contribution in [0.15, 0.2) is 64.4 Å². The molecule has 0 saturated heterocycles. The average Bonchev–Trinajstić information content (AvgIpc) is 3.42. The first-order valence-corrected chi connectivity index (χ1v) is 9.83. The Morgan fingerprint density at radius 3 is 2.43 bits per heavy atom. The fourth-order valence-corrected chi connectivity index (χ4v) is 3.06. The van der Waals surface area contributed by atoms with E-state index in [-0.39, 0.29) is 12.5 Å². The number of aromatic nitrogens is 1. The van der Waals surface area contributed by atoms with Crippen molar-refractivity contribution in [1.82, 2.24) is 4.98 Å². The van der Waals surface area contributed by atoms with Crippen LogP contribution in [-0.4, -0.2) is 10.7 Å². The monoisotopic (exact) mass is 434 g/mol. The third-order valence-corrected chi connectivity index (χ3v) is 5.01. The molecular weight excluding hydrogens is 417 g/mol. The van der Waals surface area contributed by atoms with Gasteiger partial charge in [0.1, 0.15) is 12.0 Å². The molecule has 0 unspecified atom stereocenters. The summed E-state index contributed by atoms with van der Waals surface area (Å²) in [7, 11) is 0. The Kier molecular flexibility index (Phi) is 5.81. The molecule has 4 rings (SSSR count). The van der Waals surface area contributed by atoms with Crippen LogP contribution in [0.3, 0.4) is 0 Å². The minimum Gasteiger partial charge on any atom is -0.444 e. The third-order valence-electron chi connectivity index (χ3n) is 4.75. The maximum Gasteiger partial charge on any atom is 0.416 e. The van der Waals surface area contributed by atoms with Crippen molar-refractivity contribution in [2.75, 3.05) is 0 Å². The Morgan fingerprint density at radius 2 is 1.80 bits per heavy atom. The van der Waals surface area contributed by atoms with Crippen molar-refractivity contribution in [1.29, 1.82) is 0 Å². The maximum atomic E-state index is 12.7. The number of rotatable bonds is 7. The average molecular weight is 435 g/mol. The first-order chi connectivity index (χ1) is 14.4. The molecule has 1 aliphatic carbocycles. The molecule has 1 fully saturated rings. The van der Waals surface area contributed by atoms with Gasteiger partial charge in [0.05, 0.1) is 11.3 Å². The summed E-state index contributed by atoms with van der Waals surface area (Å²) in [5, 5.41) is 4.94. The highest BCUT2D eigenvalue weighted by Crippen LogP contribution is 2.34. The van der Waals surface area contributed by atoms with Gasteiger partial charge in [-0.25, -0.2) is 4.98 Å². The van der Waals surface area contributed by atoms with Crippen LogP contribution < -0.4 is 0 Å². The van der Waals surface area contributed by atoms with Crippen molar-refractivity contribution >= 4 is 17.3 Å². The van der Waals surface area contributed by atoms with Crippen molar-refractivity contribution < 1.29 is 22.4 Å². The van der Waals surface area contributed by atoms with Gasteiger partial charge in [-0.2, -0.15) is 13.2 Å². The minimum atomic E-state index is -4.38. The second-order valence-corrected chi connectivity index (χ2v) is 7.62. The largest absolute Gasteiger partial charge is 0.444 e. The van der Waals surface area contributed by atoms with E-state index in [2.05, 4.69) is 10.1 Å². The second kappa shape index (κ2) is 8.52. The number of nitrogens with zero attached hydrogens (tertiary/aromatic N) is 2. The van der Waals surface area contributed by atoms with E-state index in [0.717, 1.165) is 29.8 Å². The Labute approximate surface area is 176 Å². The van der Waals surface area contributed by atoms with Crippen LogP contribution in [0, 0.1) is 5.92 Å². The molecule has 0 amide bonds. The Balaban J connectivity index is 1.42. The van der Waals surface area contributed by atoms with Crippen LogP contribution in [0.25, 0.3) is 11.5 Å². The van der Waals surface area contributed by atoms with E-state index >= 15 is 0 Å². The fourth-order valence-electron chi connectivity index (χ4n) is 2.93. The summed E-state index contributed by atoms with van der Waals surface area (Å²) in [6, 6.07) is 12.1. The molecule has 0 aliphatic heterocycles. The van der Waals surface area contributed by atoms with Gasteiger partial charge in [-0.1, -0.05) is 28.9 Å². The standard InChI is InChI=1S/C22H18ClF3N2O2/c23-18-9-5-15(6-10-18)20(11-14-1-2-14)28-30-13-19-12-29-21(27-19)16-3-7-17(8-4-16)22(24,25)26/h3-10,12,14H,1-2,11,13H2/b28-20+. The van der Waals surface area contributed by atoms with Crippen LogP contribution in [0.4, 0.5) is 13.2 Å². The molecule has 3 aromatic rings. The van der Waals surface area contributed by atoms with E-state index < -0.39 is 11.7 Å². The van der Waals surface area contributed by atoms with Gasteiger partial charge in [0.25, 0.3) is 0 Å². The SMILES string of the molecule is FC(F)(F)c1ccc(-c2nc(CO/N=C(\CC3CC3)c3ccc(Cl)cc3)co2)cc1. The summed E-state index contributed by atoms with van der Waals surface area (Å²) in [6.07, 6.45) is 0.232. The van der Waals surface area contributed by atoms with E-state index in [9.17, 15) is 13.2 Å². The van der Waals surface area contributed by atoms with Crippen molar-refractivity contribution in [3.63, 3.8) is 0 Å². The predicted molar refractivity (Wildman–Crippen MR) is 107 cm³/mol. The second-order valence-electron chi connectivity index (χ2n) is 7.18. The molecule has 0 bridgehead atoms. The van der Waals surface area contributed by atoms with Gasteiger partial charge in [0, 0.05) is 10.6 Å². The highest BCUT2D eigenvalue weighted by atomic mass is 35.5. The molecular formula is C22H18ClF3N2O2. The lowest BCUT2D eigenvalue weighted by Crippen LogP contribution is -2.04. The molecule has 1 aromatic heterocycles. The van der Waals surface area contributed by atoms with Crippen LogP contribution >= 0.6 is 11.6 Å². The summed E-state index contributed by atoms with van der Waals surface area (Å²) in [5.41, 5.74) is 2.03. The van der Waals surface area contributed by atoms with E-state index in [1.807, 2.05) is 24.3 Å². The van der Waals surface area contributed by atoms with E-state index in [1.165, 1.54) is 31.2 Å². The smallest absolute Gasteiger partial charge is 0.416 e. The molecule has 0 radical (unpaired) electrons. The first-order valence-electron chi connectivity index (χ1n) is 9.45. The summed E-state index contributed by atoms with van der Waals surface area (Å²) in [5.74, 6) is 0.851. The van der Waals surface area contributed by atoms with E-state index in [4.69, 9.17) is 20.9 Å². The maximum absolute atomic E-state index is 12.7. The first kappa shape index (κ1) is 20.5. The van der Waals surface area contributed by atoms with Crippen LogP contribution in [0.2, 0.25) is 5.02 Å². The number of hydrogen-bond donors (Lipinski definition) is 0. The van der Waals surface area contributed by atoms with Gasteiger partial charge in [0.2, 0.25) is 5.89 Å². The molecule has 1 aliphatic rings. The summed E-state index contributed by atoms with van der Waals surface area (Å²) in [6.45, 7) is 0.0892. The lowest BCUT2D eigenvalue weighted by Gasteiger charge is -2.06. The van der Waals surface area contributed by atoms with E-state index in [0.29, 0.717) is 22.2 Å². The summed E-state index contributed by atoms with van der Waals surface area (Å²) < 4.78 is 43.4. The zero-order valence-electron chi connectivity index (χ0n) is 15.8. The van der Waals surface area contributed by atoms with Crippen molar-refractivity contribution in [3.8, 4) is 11.5 Å². The quantitative estimate of drug-likeness (QED) is 0.306. The number of halogens is 4. The molecule has 0 N–H and O–H groups in total. The van der Waals surface area contributed by atoms with Gasteiger partial charge in [-0.15, -0.1) is 0 Å². The lowest BCUT2D eigenvalue weighted by atomic mass is 10.1. The Morgan fingerprint density at radius 1 is 1.10 bits per heavy atom. The normalized spacial score (nSPS) is 14.7. The Hall–Kier alpha value is -2.80. The zero-order valence-corrected chi connectivity index (χ0v) is 16.6. The summed E-state index contributed by atoms with van der Waals surface area (Å²) >= 11 is 5.96. The fraction of sp³-hybridized carbons (Fsp3) is 0.273. The molecule has 30 heavy (non-hydrogen) atoms. The molecule has 8 heteroatoms. The predicted octanol–water partition coefficient (Wildman–Crippen LogP) is 6.73. The number of oxime groups is 1. The number of benzene rings is 2. The van der Waals surface area contributed by atoms with Gasteiger partial charge in [0.15, 0.2) is 6.61 Å². The summed E-state index contributed by atoms with van der Waals surface area (Å²) in [4.78, 5) is 9.76. The van der Waals surface area contributed by atoms with Crippen molar-refractivity contribution in [2.24, 2.45) is 11.1 Å². The van der Waals surface area contributed by atoms with Crippen LogP contribution in [0.1, 0.15) is 36.1 Å². The van der Waals surface area contributed by atoms with Crippen LogP contribution in [-0.2, 0) is 17.6 Å². The van der Waals surface area contributed by atoms with Gasteiger partial charge in [-0.3, -0.25) is 0 Å². The topological polar surface area (TPSA) is 47.6 Å². The minimum absolute atomic E-state index is 0.0892. The highest BCUT2D eigenvalue weighted by molar-refractivity contribution is 6.30.